The Hall–Kier alpha value is -2.17. The number of piperidine rings is 1. The third kappa shape index (κ3) is 5.06. The van der Waals surface area contributed by atoms with Crippen molar-refractivity contribution in [1.82, 2.24) is 10.2 Å². The molecule has 0 saturated carbocycles. The number of hydrogen-bond acceptors (Lipinski definition) is 3. The van der Waals surface area contributed by atoms with E-state index in [1.807, 2.05) is 30.3 Å². The molecule has 0 aromatic heterocycles. The van der Waals surface area contributed by atoms with E-state index >= 15 is 0 Å². The lowest BCUT2D eigenvalue weighted by atomic mass is 9.88. The Balaban J connectivity index is 1.22. The Bertz CT molecular complexity index is 795. The van der Waals surface area contributed by atoms with Crippen molar-refractivity contribution in [2.75, 3.05) is 19.6 Å². The summed E-state index contributed by atoms with van der Waals surface area (Å²) in [6.07, 6.45) is 5.55. The number of aryl methyl sites for hydroxylation is 1. The zero-order valence-electron chi connectivity index (χ0n) is 17.4. The molecular formula is C25H32N2O2. The quantitative estimate of drug-likeness (QED) is 0.801. The van der Waals surface area contributed by atoms with Gasteiger partial charge in [0.25, 0.3) is 5.91 Å². The first-order chi connectivity index (χ1) is 14.2. The first-order valence-electron chi connectivity index (χ1n) is 11.0. The lowest BCUT2D eigenvalue weighted by molar-refractivity contribution is -0.0764. The third-order valence-electron chi connectivity index (χ3n) is 6.47. The second-order valence-corrected chi connectivity index (χ2v) is 8.48. The van der Waals surface area contributed by atoms with Crippen LogP contribution in [0.3, 0.4) is 0 Å². The second kappa shape index (κ2) is 9.10. The molecule has 4 rings (SSSR count). The van der Waals surface area contributed by atoms with Gasteiger partial charge in [-0.2, -0.15) is 0 Å². The number of ether oxygens (including phenoxy) is 1. The largest absolute Gasteiger partial charge is 0.370 e. The topological polar surface area (TPSA) is 41.6 Å². The van der Waals surface area contributed by atoms with E-state index in [1.165, 1.54) is 11.1 Å². The average molecular weight is 393 g/mol. The van der Waals surface area contributed by atoms with E-state index in [9.17, 15) is 4.79 Å². The van der Waals surface area contributed by atoms with Gasteiger partial charge in [-0.25, -0.2) is 0 Å². The van der Waals surface area contributed by atoms with E-state index in [0.29, 0.717) is 12.1 Å². The molecule has 0 unspecified atom stereocenters. The van der Waals surface area contributed by atoms with Crippen molar-refractivity contribution in [3.63, 3.8) is 0 Å². The van der Waals surface area contributed by atoms with E-state index in [-0.39, 0.29) is 17.6 Å². The fourth-order valence-electron chi connectivity index (χ4n) is 4.56. The van der Waals surface area contributed by atoms with E-state index in [1.54, 1.807) is 0 Å². The molecule has 1 spiro atoms. The number of nitrogens with zero attached hydrogens (tertiary/aromatic N) is 1. The lowest BCUT2D eigenvalue weighted by Crippen LogP contribution is -2.44. The monoisotopic (exact) mass is 392 g/mol. The molecule has 2 aliphatic rings. The second-order valence-electron chi connectivity index (χ2n) is 8.48. The first-order valence-corrected chi connectivity index (χ1v) is 11.0. The smallest absolute Gasteiger partial charge is 0.251 e. The van der Waals surface area contributed by atoms with Crippen molar-refractivity contribution in [1.29, 1.82) is 0 Å². The van der Waals surface area contributed by atoms with Crippen LogP contribution in [0.4, 0.5) is 0 Å². The Morgan fingerprint density at radius 3 is 2.41 bits per heavy atom. The highest BCUT2D eigenvalue weighted by Gasteiger charge is 2.42. The number of nitrogens with one attached hydrogen (secondary N) is 1. The normalized spacial score (nSPS) is 21.3. The Morgan fingerprint density at radius 2 is 1.72 bits per heavy atom. The van der Waals surface area contributed by atoms with Crippen molar-refractivity contribution >= 4 is 5.91 Å². The zero-order chi connectivity index (χ0) is 20.1. The molecule has 154 valence electrons. The minimum absolute atomic E-state index is 0.0148. The summed E-state index contributed by atoms with van der Waals surface area (Å²) in [5.74, 6) is -0.0148. The average Bonchev–Trinajstić information content (AvgIpc) is 3.17. The van der Waals surface area contributed by atoms with Crippen molar-refractivity contribution in [2.24, 2.45) is 0 Å². The van der Waals surface area contributed by atoms with Crippen LogP contribution in [0.15, 0.2) is 54.6 Å². The standard InChI is InChI=1S/C25H32N2O2/c1-2-20-8-10-21(11-9-20)19-27-16-14-25(15-17-27)13-12-23(29-25)18-26-24(28)22-6-4-3-5-7-22/h3-11,23H,2,12-19H2,1H3,(H,26,28)/t23-/m1/s1. The molecule has 4 nitrogen and oxygen atoms in total. The summed E-state index contributed by atoms with van der Waals surface area (Å²) in [6.45, 7) is 5.98. The van der Waals surface area contributed by atoms with Gasteiger partial charge in [-0.1, -0.05) is 49.4 Å². The SMILES string of the molecule is CCc1ccc(CN2CCC3(CC[C@H](CNC(=O)c4ccccc4)O3)CC2)cc1. The number of hydrogen-bond donors (Lipinski definition) is 1. The predicted molar refractivity (Wildman–Crippen MR) is 116 cm³/mol. The summed E-state index contributed by atoms with van der Waals surface area (Å²) >= 11 is 0. The minimum atomic E-state index is -0.0148. The molecule has 2 fully saturated rings. The fraction of sp³-hybridized carbons (Fsp3) is 0.480. The zero-order valence-corrected chi connectivity index (χ0v) is 17.4. The molecule has 1 atom stereocenters. The Kier molecular flexibility index (Phi) is 6.31. The molecule has 0 aliphatic carbocycles. The lowest BCUT2D eigenvalue weighted by Gasteiger charge is -2.39. The molecule has 4 heteroatoms. The molecule has 2 aromatic rings. The summed E-state index contributed by atoms with van der Waals surface area (Å²) in [5.41, 5.74) is 3.52. The molecule has 2 heterocycles. The van der Waals surface area contributed by atoms with Crippen LogP contribution >= 0.6 is 0 Å². The summed E-state index contributed by atoms with van der Waals surface area (Å²) in [5, 5.41) is 3.04. The fourth-order valence-corrected chi connectivity index (χ4v) is 4.56. The summed E-state index contributed by atoms with van der Waals surface area (Å²) in [7, 11) is 0. The highest BCUT2D eigenvalue weighted by molar-refractivity contribution is 5.94. The number of carbonyl (C=O) groups excluding carboxylic acids is 1. The van der Waals surface area contributed by atoms with Crippen LogP contribution in [-0.4, -0.2) is 42.1 Å². The molecular weight excluding hydrogens is 360 g/mol. The molecule has 0 bridgehead atoms. The number of carbonyl (C=O) groups is 1. The summed E-state index contributed by atoms with van der Waals surface area (Å²) in [4.78, 5) is 14.8. The molecule has 2 aromatic carbocycles. The van der Waals surface area contributed by atoms with Crippen LogP contribution in [0, 0.1) is 0 Å². The maximum absolute atomic E-state index is 12.3. The first kappa shape index (κ1) is 20.1. The van der Waals surface area contributed by atoms with Crippen LogP contribution < -0.4 is 5.32 Å². The molecule has 2 saturated heterocycles. The van der Waals surface area contributed by atoms with Gasteiger partial charge in [0.1, 0.15) is 0 Å². The molecule has 0 radical (unpaired) electrons. The molecule has 29 heavy (non-hydrogen) atoms. The Labute approximate surface area is 174 Å². The molecule has 1 N–H and O–H groups in total. The van der Waals surface area contributed by atoms with Gasteiger partial charge in [-0.3, -0.25) is 9.69 Å². The highest BCUT2D eigenvalue weighted by Crippen LogP contribution is 2.39. The van der Waals surface area contributed by atoms with Gasteiger partial charge in [0, 0.05) is 31.7 Å². The highest BCUT2D eigenvalue weighted by atomic mass is 16.5. The maximum atomic E-state index is 12.3. The summed E-state index contributed by atoms with van der Waals surface area (Å²) < 4.78 is 6.46. The number of benzene rings is 2. The van der Waals surface area contributed by atoms with Gasteiger partial charge in [0.2, 0.25) is 0 Å². The van der Waals surface area contributed by atoms with E-state index < -0.39 is 0 Å². The number of likely N-dealkylation sites (tertiary alicyclic amines) is 1. The molecule has 1 amide bonds. The summed E-state index contributed by atoms with van der Waals surface area (Å²) in [6, 6.07) is 18.4. The van der Waals surface area contributed by atoms with Gasteiger partial charge >= 0.3 is 0 Å². The van der Waals surface area contributed by atoms with Crippen LogP contribution in [-0.2, 0) is 17.7 Å². The minimum Gasteiger partial charge on any atom is -0.370 e. The van der Waals surface area contributed by atoms with Crippen LogP contribution in [0.2, 0.25) is 0 Å². The molecule has 2 aliphatic heterocycles. The van der Waals surface area contributed by atoms with Crippen LogP contribution in [0.1, 0.15) is 54.1 Å². The maximum Gasteiger partial charge on any atom is 0.251 e. The van der Waals surface area contributed by atoms with Gasteiger partial charge in [-0.05, 0) is 55.4 Å². The van der Waals surface area contributed by atoms with E-state index in [4.69, 9.17) is 4.74 Å². The van der Waals surface area contributed by atoms with Crippen molar-refractivity contribution in [3.05, 3.63) is 71.3 Å². The van der Waals surface area contributed by atoms with E-state index in [0.717, 1.165) is 51.7 Å². The van der Waals surface area contributed by atoms with Gasteiger partial charge < -0.3 is 10.1 Å². The van der Waals surface area contributed by atoms with Crippen LogP contribution in [0.5, 0.6) is 0 Å². The van der Waals surface area contributed by atoms with Crippen molar-refractivity contribution in [2.45, 2.75) is 57.3 Å². The van der Waals surface area contributed by atoms with E-state index in [2.05, 4.69) is 41.4 Å². The van der Waals surface area contributed by atoms with Gasteiger partial charge in [0.05, 0.1) is 11.7 Å². The van der Waals surface area contributed by atoms with Gasteiger partial charge in [-0.15, -0.1) is 0 Å². The Morgan fingerprint density at radius 1 is 1.03 bits per heavy atom. The van der Waals surface area contributed by atoms with Crippen molar-refractivity contribution < 1.29 is 9.53 Å². The third-order valence-corrected chi connectivity index (χ3v) is 6.47. The number of amides is 1. The predicted octanol–water partition coefficient (Wildman–Crippen LogP) is 4.19. The van der Waals surface area contributed by atoms with Crippen molar-refractivity contribution in [3.8, 4) is 0 Å². The van der Waals surface area contributed by atoms with Gasteiger partial charge in [0.15, 0.2) is 0 Å². The van der Waals surface area contributed by atoms with Crippen LogP contribution in [0.25, 0.3) is 0 Å². The number of rotatable bonds is 6.